The number of hydrogen-bond donors (Lipinski definition) is 2. The summed E-state index contributed by atoms with van der Waals surface area (Å²) in [5.74, 6) is -1.41. The summed E-state index contributed by atoms with van der Waals surface area (Å²) in [7, 11) is 0. The number of hydrogen-bond acceptors (Lipinski definition) is 6. The van der Waals surface area contributed by atoms with Crippen molar-refractivity contribution in [3.63, 3.8) is 0 Å². The highest BCUT2D eigenvalue weighted by Crippen LogP contribution is 2.38. The molecule has 8 heteroatoms. The van der Waals surface area contributed by atoms with Crippen molar-refractivity contribution in [2.75, 3.05) is 6.61 Å². The summed E-state index contributed by atoms with van der Waals surface area (Å²) >= 11 is 1.64. The number of primary amides is 1. The lowest BCUT2D eigenvalue weighted by molar-refractivity contribution is -0.123. The fourth-order valence-corrected chi connectivity index (χ4v) is 4.12. The highest BCUT2D eigenvalue weighted by atomic mass is 32.1. The Balaban J connectivity index is 1.73. The van der Waals surface area contributed by atoms with Crippen molar-refractivity contribution >= 4 is 51.8 Å². The number of carbonyl (C=O) groups is 3. The number of urea groups is 1. The molecular weight excluding hydrogens is 390 g/mol. The molecule has 0 saturated heterocycles. The van der Waals surface area contributed by atoms with Crippen LogP contribution in [0.1, 0.15) is 32.9 Å². The number of rotatable bonds is 4. The zero-order chi connectivity index (χ0) is 20.4. The Labute approximate surface area is 170 Å². The van der Waals surface area contributed by atoms with Gasteiger partial charge in [0, 0.05) is 10.3 Å². The molecule has 1 aromatic carbocycles. The summed E-state index contributed by atoms with van der Waals surface area (Å²) in [6.07, 6.45) is 3.51. The summed E-state index contributed by atoms with van der Waals surface area (Å²) in [5, 5.41) is 4.55. The Hall–Kier alpha value is -3.52. The van der Waals surface area contributed by atoms with Crippen LogP contribution in [0.25, 0.3) is 22.6 Å². The molecule has 0 spiro atoms. The first kappa shape index (κ1) is 18.8. The molecule has 0 radical (unpaired) electrons. The summed E-state index contributed by atoms with van der Waals surface area (Å²) < 4.78 is 5.16. The number of thiophene rings is 1. The molecule has 2 heterocycles. The molecule has 0 aliphatic heterocycles. The zero-order valence-electron chi connectivity index (χ0n) is 15.3. The van der Waals surface area contributed by atoms with E-state index < -0.39 is 24.5 Å². The Morgan fingerprint density at radius 3 is 2.76 bits per heavy atom. The van der Waals surface area contributed by atoms with Gasteiger partial charge in [0.1, 0.15) is 0 Å². The van der Waals surface area contributed by atoms with Gasteiger partial charge in [-0.25, -0.2) is 14.6 Å². The van der Waals surface area contributed by atoms with E-state index in [-0.39, 0.29) is 0 Å². The van der Waals surface area contributed by atoms with E-state index >= 15 is 0 Å². The second-order valence-electron chi connectivity index (χ2n) is 6.50. The van der Waals surface area contributed by atoms with Crippen molar-refractivity contribution in [1.29, 1.82) is 0 Å². The second-order valence-corrected chi connectivity index (χ2v) is 7.48. The molecule has 0 saturated carbocycles. The van der Waals surface area contributed by atoms with Gasteiger partial charge in [0.25, 0.3) is 5.91 Å². The number of nitrogens with zero attached hydrogens (tertiary/aromatic N) is 1. The third-order valence-electron chi connectivity index (χ3n) is 4.60. The van der Waals surface area contributed by atoms with Crippen LogP contribution in [0.15, 0.2) is 41.8 Å². The molecule has 29 heavy (non-hydrogen) atoms. The van der Waals surface area contributed by atoms with Crippen LogP contribution in [-0.2, 0) is 16.0 Å². The Bertz CT molecular complexity index is 1150. The van der Waals surface area contributed by atoms with Crippen molar-refractivity contribution in [3.8, 4) is 0 Å². The lowest BCUT2D eigenvalue weighted by Crippen LogP contribution is -2.37. The van der Waals surface area contributed by atoms with Crippen LogP contribution in [-0.4, -0.2) is 29.5 Å². The summed E-state index contributed by atoms with van der Waals surface area (Å²) in [6, 6.07) is 10.4. The maximum absolute atomic E-state index is 12.9. The quantitative estimate of drug-likeness (QED) is 0.646. The number of para-hydroxylation sites is 1. The first-order chi connectivity index (χ1) is 14.0. The van der Waals surface area contributed by atoms with E-state index in [1.54, 1.807) is 11.3 Å². The average Bonchev–Trinajstić information content (AvgIpc) is 3.34. The monoisotopic (exact) mass is 407 g/mol. The molecule has 3 amide bonds. The molecule has 1 aliphatic carbocycles. The number of ether oxygens (including phenoxy) is 1. The third-order valence-corrected chi connectivity index (χ3v) is 5.42. The number of nitrogens with one attached hydrogen (secondary N) is 1. The summed E-state index contributed by atoms with van der Waals surface area (Å²) in [4.78, 5) is 41.1. The van der Waals surface area contributed by atoms with Crippen LogP contribution < -0.4 is 11.1 Å². The fourth-order valence-electron chi connectivity index (χ4n) is 3.43. The maximum Gasteiger partial charge on any atom is 0.339 e. The molecule has 1 aliphatic rings. The van der Waals surface area contributed by atoms with Gasteiger partial charge in [-0.05, 0) is 47.6 Å². The lowest BCUT2D eigenvalue weighted by atomic mass is 10.0. The first-order valence-corrected chi connectivity index (χ1v) is 9.83. The topological polar surface area (TPSA) is 111 Å². The zero-order valence-corrected chi connectivity index (χ0v) is 16.1. The number of allylic oxidation sites excluding steroid dienone is 1. The van der Waals surface area contributed by atoms with Crippen LogP contribution in [0.2, 0.25) is 0 Å². The summed E-state index contributed by atoms with van der Waals surface area (Å²) in [5.41, 5.74) is 8.65. The fraction of sp³-hybridized carbons (Fsp3) is 0.143. The molecule has 3 aromatic rings. The Morgan fingerprint density at radius 2 is 2.00 bits per heavy atom. The van der Waals surface area contributed by atoms with Crippen LogP contribution in [0.4, 0.5) is 4.79 Å². The predicted octanol–water partition coefficient (Wildman–Crippen LogP) is 3.13. The number of fused-ring (bicyclic) bond motifs is 2. The number of benzene rings is 1. The molecule has 0 unspecified atom stereocenters. The Kier molecular flexibility index (Phi) is 5.09. The van der Waals surface area contributed by atoms with Gasteiger partial charge in [-0.1, -0.05) is 24.3 Å². The molecule has 0 atom stereocenters. The minimum atomic E-state index is -0.996. The van der Waals surface area contributed by atoms with Gasteiger partial charge in [0.15, 0.2) is 6.61 Å². The SMILES string of the molecule is NC(=O)NC(=O)COC(=O)c1c2c(nc3ccccc13)C(=Cc1cccs1)CC2. The van der Waals surface area contributed by atoms with Gasteiger partial charge in [-0.3, -0.25) is 10.1 Å². The number of carbonyl (C=O) groups excluding carboxylic acids is 3. The van der Waals surface area contributed by atoms with Crippen LogP contribution >= 0.6 is 11.3 Å². The van der Waals surface area contributed by atoms with E-state index in [2.05, 4.69) is 6.08 Å². The number of nitrogens with two attached hydrogens (primary N) is 1. The van der Waals surface area contributed by atoms with Gasteiger partial charge in [-0.2, -0.15) is 0 Å². The minimum Gasteiger partial charge on any atom is -0.452 e. The molecule has 0 fully saturated rings. The highest BCUT2D eigenvalue weighted by Gasteiger charge is 2.28. The largest absolute Gasteiger partial charge is 0.452 e. The van der Waals surface area contributed by atoms with Crippen molar-refractivity contribution in [2.24, 2.45) is 5.73 Å². The van der Waals surface area contributed by atoms with E-state index in [1.807, 2.05) is 47.1 Å². The van der Waals surface area contributed by atoms with Crippen molar-refractivity contribution in [1.82, 2.24) is 10.3 Å². The number of pyridine rings is 1. The lowest BCUT2D eigenvalue weighted by Gasteiger charge is -2.12. The molecule has 3 N–H and O–H groups in total. The first-order valence-electron chi connectivity index (χ1n) is 8.95. The highest BCUT2D eigenvalue weighted by molar-refractivity contribution is 7.10. The predicted molar refractivity (Wildman–Crippen MR) is 110 cm³/mol. The van der Waals surface area contributed by atoms with Gasteiger partial charge in [0.05, 0.1) is 16.8 Å². The Morgan fingerprint density at radius 1 is 1.17 bits per heavy atom. The normalized spacial score (nSPS) is 14.0. The smallest absolute Gasteiger partial charge is 0.339 e. The van der Waals surface area contributed by atoms with Crippen LogP contribution in [0.3, 0.4) is 0 Å². The van der Waals surface area contributed by atoms with E-state index in [9.17, 15) is 14.4 Å². The molecule has 4 rings (SSSR count). The molecular formula is C21H17N3O4S. The van der Waals surface area contributed by atoms with Crippen molar-refractivity contribution in [2.45, 2.75) is 12.8 Å². The van der Waals surface area contributed by atoms with Gasteiger partial charge >= 0.3 is 12.0 Å². The van der Waals surface area contributed by atoms with E-state index in [4.69, 9.17) is 15.5 Å². The number of aromatic nitrogens is 1. The second kappa shape index (κ2) is 7.84. The molecule has 0 bridgehead atoms. The van der Waals surface area contributed by atoms with E-state index in [0.717, 1.165) is 28.1 Å². The van der Waals surface area contributed by atoms with Crippen molar-refractivity contribution in [3.05, 3.63) is 63.5 Å². The number of esters is 1. The summed E-state index contributed by atoms with van der Waals surface area (Å²) in [6.45, 7) is -0.592. The maximum atomic E-state index is 12.9. The van der Waals surface area contributed by atoms with Gasteiger partial charge in [0.2, 0.25) is 0 Å². The van der Waals surface area contributed by atoms with Gasteiger partial charge in [-0.15, -0.1) is 11.3 Å². The van der Waals surface area contributed by atoms with Gasteiger partial charge < -0.3 is 10.5 Å². The standard InChI is InChI=1S/C21H17N3O4S/c22-21(27)24-17(25)11-28-20(26)18-14-5-1-2-6-16(14)23-19-12(7-8-15(18)19)10-13-4-3-9-29-13/h1-6,9-10H,7-8,11H2,(H3,22,24,25,27). The van der Waals surface area contributed by atoms with Crippen molar-refractivity contribution < 1.29 is 19.1 Å². The molecule has 146 valence electrons. The number of imide groups is 1. The van der Waals surface area contributed by atoms with Crippen LogP contribution in [0.5, 0.6) is 0 Å². The van der Waals surface area contributed by atoms with E-state index in [0.29, 0.717) is 22.9 Å². The molecule has 2 aromatic heterocycles. The number of amides is 3. The molecule has 7 nitrogen and oxygen atoms in total. The minimum absolute atomic E-state index is 0.409. The average molecular weight is 407 g/mol. The van der Waals surface area contributed by atoms with E-state index in [1.165, 1.54) is 0 Å². The van der Waals surface area contributed by atoms with Crippen LogP contribution in [0, 0.1) is 0 Å². The third kappa shape index (κ3) is 3.88.